The number of hydrogen-bond donors (Lipinski definition) is 1. The van der Waals surface area contributed by atoms with Gasteiger partial charge in [-0.15, -0.1) is 0 Å². The Morgan fingerprint density at radius 2 is 2.25 bits per heavy atom. The van der Waals surface area contributed by atoms with E-state index in [4.69, 9.17) is 22.1 Å². The maximum atomic E-state index is 10.6. The van der Waals surface area contributed by atoms with Gasteiger partial charge in [0.15, 0.2) is 0 Å². The summed E-state index contributed by atoms with van der Waals surface area (Å²) in [6.45, 7) is 4.46. The van der Waals surface area contributed by atoms with Crippen molar-refractivity contribution in [1.29, 1.82) is 0 Å². The van der Waals surface area contributed by atoms with Crippen LogP contribution in [0.25, 0.3) is 0 Å². The smallest absolute Gasteiger partial charge is 0.241 e. The Hall–Kier alpha value is -0.120. The van der Waals surface area contributed by atoms with Crippen molar-refractivity contribution in [1.82, 2.24) is 0 Å². The fourth-order valence-corrected chi connectivity index (χ4v) is 0.879. The van der Waals surface area contributed by atoms with E-state index in [1.54, 1.807) is 6.92 Å². The van der Waals surface area contributed by atoms with Crippen LogP contribution in [0.3, 0.4) is 0 Å². The first-order chi connectivity index (χ1) is 5.59. The highest BCUT2D eigenvalue weighted by atomic mass is 35.5. The standard InChI is InChI=1S/C8H16ClNO2/c1-3-4-5-12-6(2)7(10)8(9)11/h6-7H,3-5,10H2,1-2H3. The van der Waals surface area contributed by atoms with Crippen molar-refractivity contribution in [2.75, 3.05) is 6.61 Å². The van der Waals surface area contributed by atoms with Gasteiger partial charge in [-0.3, -0.25) is 4.79 Å². The fraction of sp³-hybridized carbons (Fsp3) is 0.875. The number of halogens is 1. The molecule has 0 fully saturated rings. The molecule has 0 amide bonds. The first kappa shape index (κ1) is 11.9. The maximum absolute atomic E-state index is 10.6. The van der Waals surface area contributed by atoms with E-state index in [9.17, 15) is 4.79 Å². The molecule has 12 heavy (non-hydrogen) atoms. The Kier molecular flexibility index (Phi) is 6.34. The normalized spacial score (nSPS) is 15.7. The summed E-state index contributed by atoms with van der Waals surface area (Å²) in [5.41, 5.74) is 5.44. The zero-order valence-corrected chi connectivity index (χ0v) is 8.30. The molecule has 0 aromatic heterocycles. The summed E-state index contributed by atoms with van der Waals surface area (Å²) in [5.74, 6) is 0. The van der Waals surface area contributed by atoms with E-state index < -0.39 is 11.3 Å². The molecule has 0 aromatic carbocycles. The van der Waals surface area contributed by atoms with E-state index in [2.05, 4.69) is 6.92 Å². The number of carbonyl (C=O) groups is 1. The van der Waals surface area contributed by atoms with Gasteiger partial charge in [-0.1, -0.05) is 13.3 Å². The molecular formula is C8H16ClNO2. The lowest BCUT2D eigenvalue weighted by molar-refractivity contribution is -0.115. The van der Waals surface area contributed by atoms with Crippen molar-refractivity contribution in [3.8, 4) is 0 Å². The van der Waals surface area contributed by atoms with Crippen molar-refractivity contribution >= 4 is 16.8 Å². The van der Waals surface area contributed by atoms with E-state index in [0.717, 1.165) is 12.8 Å². The molecule has 0 aliphatic rings. The molecule has 2 atom stereocenters. The lowest BCUT2D eigenvalue weighted by atomic mass is 10.2. The topological polar surface area (TPSA) is 52.3 Å². The van der Waals surface area contributed by atoms with Gasteiger partial charge in [0.2, 0.25) is 5.24 Å². The zero-order chi connectivity index (χ0) is 9.56. The zero-order valence-electron chi connectivity index (χ0n) is 7.55. The van der Waals surface area contributed by atoms with Crippen molar-refractivity contribution in [3.63, 3.8) is 0 Å². The minimum absolute atomic E-state index is 0.290. The highest BCUT2D eigenvalue weighted by Crippen LogP contribution is 2.01. The third-order valence-corrected chi connectivity index (χ3v) is 1.90. The minimum atomic E-state index is -0.705. The van der Waals surface area contributed by atoms with Crippen molar-refractivity contribution < 1.29 is 9.53 Å². The molecule has 0 aliphatic carbocycles. The van der Waals surface area contributed by atoms with Crippen LogP contribution in [0.1, 0.15) is 26.7 Å². The predicted molar refractivity (Wildman–Crippen MR) is 49.2 cm³/mol. The molecule has 4 heteroatoms. The van der Waals surface area contributed by atoms with Crippen molar-refractivity contribution in [2.24, 2.45) is 5.73 Å². The Balaban J connectivity index is 3.56. The van der Waals surface area contributed by atoms with Gasteiger partial charge in [0.25, 0.3) is 0 Å². The van der Waals surface area contributed by atoms with Crippen LogP contribution in [-0.4, -0.2) is 24.0 Å². The molecule has 0 radical (unpaired) electrons. The third kappa shape index (κ3) is 4.70. The van der Waals surface area contributed by atoms with Crippen LogP contribution in [0.4, 0.5) is 0 Å². The minimum Gasteiger partial charge on any atom is -0.376 e. The molecule has 0 rings (SSSR count). The number of unbranched alkanes of at least 4 members (excludes halogenated alkanes) is 1. The second-order valence-corrected chi connectivity index (χ2v) is 3.13. The Bertz CT molecular complexity index is 141. The van der Waals surface area contributed by atoms with Crippen LogP contribution in [0.5, 0.6) is 0 Å². The second kappa shape index (κ2) is 6.40. The van der Waals surface area contributed by atoms with Gasteiger partial charge in [-0.05, 0) is 24.9 Å². The molecule has 2 unspecified atom stereocenters. The Morgan fingerprint density at radius 1 is 1.67 bits per heavy atom. The molecule has 0 aromatic rings. The molecule has 0 spiro atoms. The van der Waals surface area contributed by atoms with Crippen LogP contribution in [-0.2, 0) is 9.53 Å². The first-order valence-corrected chi connectivity index (χ1v) is 4.54. The van der Waals surface area contributed by atoms with Gasteiger partial charge in [0, 0.05) is 6.61 Å². The van der Waals surface area contributed by atoms with Gasteiger partial charge in [0.1, 0.15) is 6.04 Å². The van der Waals surface area contributed by atoms with Crippen LogP contribution in [0, 0.1) is 0 Å². The van der Waals surface area contributed by atoms with E-state index in [1.165, 1.54) is 0 Å². The molecule has 0 saturated heterocycles. The first-order valence-electron chi connectivity index (χ1n) is 4.16. The van der Waals surface area contributed by atoms with Gasteiger partial charge in [-0.2, -0.15) is 0 Å². The number of nitrogens with two attached hydrogens (primary N) is 1. The van der Waals surface area contributed by atoms with E-state index in [-0.39, 0.29) is 6.10 Å². The van der Waals surface area contributed by atoms with Crippen molar-refractivity contribution in [2.45, 2.75) is 38.8 Å². The van der Waals surface area contributed by atoms with E-state index in [0.29, 0.717) is 6.61 Å². The average molecular weight is 194 g/mol. The van der Waals surface area contributed by atoms with Crippen molar-refractivity contribution in [3.05, 3.63) is 0 Å². The lowest BCUT2D eigenvalue weighted by Crippen LogP contribution is -2.39. The summed E-state index contributed by atoms with van der Waals surface area (Å²) in [6, 6.07) is -0.705. The fourth-order valence-electron chi connectivity index (χ4n) is 0.702. The van der Waals surface area contributed by atoms with Gasteiger partial charge >= 0.3 is 0 Å². The summed E-state index contributed by atoms with van der Waals surface area (Å²) in [7, 11) is 0. The molecule has 0 aliphatic heterocycles. The number of carbonyl (C=O) groups excluding carboxylic acids is 1. The summed E-state index contributed by atoms with van der Waals surface area (Å²) < 4.78 is 5.28. The second-order valence-electron chi connectivity index (χ2n) is 2.76. The van der Waals surface area contributed by atoms with Gasteiger partial charge < -0.3 is 10.5 Å². The maximum Gasteiger partial charge on any atom is 0.241 e. The summed E-state index contributed by atoms with van der Waals surface area (Å²) in [5, 5.41) is -0.543. The van der Waals surface area contributed by atoms with Crippen LogP contribution >= 0.6 is 11.6 Å². The Labute approximate surface area is 78.2 Å². The van der Waals surface area contributed by atoms with Crippen LogP contribution in [0.2, 0.25) is 0 Å². The molecule has 2 N–H and O–H groups in total. The summed E-state index contributed by atoms with van der Waals surface area (Å²) in [6.07, 6.45) is 1.76. The molecule has 3 nitrogen and oxygen atoms in total. The van der Waals surface area contributed by atoms with E-state index in [1.807, 2.05) is 0 Å². The quantitative estimate of drug-likeness (QED) is 0.511. The third-order valence-electron chi connectivity index (χ3n) is 1.65. The largest absolute Gasteiger partial charge is 0.376 e. The Morgan fingerprint density at radius 3 is 2.67 bits per heavy atom. The van der Waals surface area contributed by atoms with E-state index >= 15 is 0 Å². The van der Waals surface area contributed by atoms with Gasteiger partial charge in [-0.25, -0.2) is 0 Å². The molecule has 72 valence electrons. The predicted octanol–water partition coefficient (Wildman–Crippen LogP) is 1.28. The van der Waals surface area contributed by atoms with Crippen LogP contribution in [0.15, 0.2) is 0 Å². The summed E-state index contributed by atoms with van der Waals surface area (Å²) in [4.78, 5) is 10.6. The molecule has 0 bridgehead atoms. The summed E-state index contributed by atoms with van der Waals surface area (Å²) >= 11 is 5.19. The molecule has 0 saturated carbocycles. The molecular weight excluding hydrogens is 178 g/mol. The number of ether oxygens (including phenoxy) is 1. The number of hydrogen-bond acceptors (Lipinski definition) is 3. The number of rotatable bonds is 6. The average Bonchev–Trinajstić information content (AvgIpc) is 2.03. The molecule has 0 heterocycles. The van der Waals surface area contributed by atoms with Gasteiger partial charge in [0.05, 0.1) is 6.10 Å². The highest BCUT2D eigenvalue weighted by Gasteiger charge is 2.18. The highest BCUT2D eigenvalue weighted by molar-refractivity contribution is 6.64. The monoisotopic (exact) mass is 193 g/mol. The van der Waals surface area contributed by atoms with Crippen LogP contribution < -0.4 is 5.73 Å². The lowest BCUT2D eigenvalue weighted by Gasteiger charge is -2.16. The SMILES string of the molecule is CCCCOC(C)C(N)C(=O)Cl.